The number of rotatable bonds is 3. The van der Waals surface area contributed by atoms with E-state index in [1.165, 1.54) is 5.56 Å². The molecule has 0 spiro atoms. The van der Waals surface area contributed by atoms with E-state index in [9.17, 15) is 0 Å². The highest BCUT2D eigenvalue weighted by atomic mass is 16.5. The average Bonchev–Trinajstić information content (AvgIpc) is 2.78. The number of ether oxygens (including phenoxy) is 1. The second-order valence-electron chi connectivity index (χ2n) is 6.08. The van der Waals surface area contributed by atoms with Crippen LogP contribution in [0.3, 0.4) is 0 Å². The van der Waals surface area contributed by atoms with Crippen molar-refractivity contribution in [2.45, 2.75) is 19.6 Å². The van der Waals surface area contributed by atoms with E-state index in [1.807, 2.05) is 23.7 Å². The van der Waals surface area contributed by atoms with Gasteiger partial charge in [-0.15, -0.1) is 0 Å². The SMILES string of the molecule is Cc1cc2ncc(CN(C)C)c(C3CN(C)CCO3)n2n1. The van der Waals surface area contributed by atoms with Gasteiger partial charge >= 0.3 is 0 Å². The monoisotopic (exact) mass is 289 g/mol. The van der Waals surface area contributed by atoms with Gasteiger partial charge in [-0.1, -0.05) is 0 Å². The zero-order valence-corrected chi connectivity index (χ0v) is 13.2. The van der Waals surface area contributed by atoms with Crippen LogP contribution in [0.15, 0.2) is 12.3 Å². The molecule has 1 saturated heterocycles. The van der Waals surface area contributed by atoms with Gasteiger partial charge in [-0.3, -0.25) is 0 Å². The first-order chi connectivity index (χ1) is 10.0. The number of morpholine rings is 1. The lowest BCUT2D eigenvalue weighted by Gasteiger charge is -2.31. The van der Waals surface area contributed by atoms with Crippen molar-refractivity contribution in [1.29, 1.82) is 0 Å². The molecule has 0 aliphatic carbocycles. The molecule has 0 amide bonds. The second kappa shape index (κ2) is 5.71. The maximum Gasteiger partial charge on any atom is 0.155 e. The number of hydrogen-bond acceptors (Lipinski definition) is 5. The number of fused-ring (bicyclic) bond motifs is 1. The van der Waals surface area contributed by atoms with Gasteiger partial charge in [-0.05, 0) is 28.1 Å². The minimum atomic E-state index is 0.0449. The largest absolute Gasteiger partial charge is 0.369 e. The Bertz CT molecular complexity index is 636. The van der Waals surface area contributed by atoms with Crippen molar-refractivity contribution >= 4 is 5.65 Å². The van der Waals surface area contributed by atoms with E-state index in [0.29, 0.717) is 0 Å². The van der Waals surface area contributed by atoms with Crippen LogP contribution in [-0.4, -0.2) is 65.2 Å². The van der Waals surface area contributed by atoms with Gasteiger partial charge in [-0.2, -0.15) is 5.10 Å². The van der Waals surface area contributed by atoms with Crippen LogP contribution in [0, 0.1) is 6.92 Å². The summed E-state index contributed by atoms with van der Waals surface area (Å²) >= 11 is 0. The molecule has 3 heterocycles. The van der Waals surface area contributed by atoms with Gasteiger partial charge in [0.25, 0.3) is 0 Å². The average molecular weight is 289 g/mol. The van der Waals surface area contributed by atoms with Crippen molar-refractivity contribution in [3.8, 4) is 0 Å². The van der Waals surface area contributed by atoms with Crippen LogP contribution >= 0.6 is 0 Å². The molecular weight excluding hydrogens is 266 g/mol. The summed E-state index contributed by atoms with van der Waals surface area (Å²) < 4.78 is 7.98. The van der Waals surface area contributed by atoms with Crippen molar-refractivity contribution in [2.75, 3.05) is 40.8 Å². The van der Waals surface area contributed by atoms with Crippen LogP contribution in [0.1, 0.15) is 23.1 Å². The van der Waals surface area contributed by atoms with Crippen LogP contribution < -0.4 is 0 Å². The zero-order chi connectivity index (χ0) is 15.0. The molecule has 0 aromatic carbocycles. The molecule has 1 aliphatic rings. The quantitative estimate of drug-likeness (QED) is 0.847. The fourth-order valence-corrected chi connectivity index (χ4v) is 2.85. The lowest BCUT2D eigenvalue weighted by atomic mass is 10.1. The van der Waals surface area contributed by atoms with Gasteiger partial charge in [0.1, 0.15) is 6.10 Å². The summed E-state index contributed by atoms with van der Waals surface area (Å²) in [7, 11) is 6.26. The molecule has 0 saturated carbocycles. The predicted octanol–water partition coefficient (Wildman–Crippen LogP) is 1.10. The molecule has 2 aromatic heterocycles. The van der Waals surface area contributed by atoms with Gasteiger partial charge < -0.3 is 14.5 Å². The summed E-state index contributed by atoms with van der Waals surface area (Å²) in [6, 6.07) is 2.01. The van der Waals surface area contributed by atoms with Crippen LogP contribution in [0.5, 0.6) is 0 Å². The highest BCUT2D eigenvalue weighted by molar-refractivity contribution is 5.42. The summed E-state index contributed by atoms with van der Waals surface area (Å²) in [5.41, 5.74) is 4.18. The van der Waals surface area contributed by atoms with Crippen molar-refractivity contribution in [1.82, 2.24) is 24.4 Å². The van der Waals surface area contributed by atoms with Crippen molar-refractivity contribution < 1.29 is 4.74 Å². The molecule has 1 unspecified atom stereocenters. The van der Waals surface area contributed by atoms with E-state index >= 15 is 0 Å². The summed E-state index contributed by atoms with van der Waals surface area (Å²) in [6.07, 6.45) is 2.01. The topological polar surface area (TPSA) is 45.9 Å². The maximum atomic E-state index is 6.03. The highest BCUT2D eigenvalue weighted by Crippen LogP contribution is 2.26. The third-order valence-electron chi connectivity index (χ3n) is 3.78. The van der Waals surface area contributed by atoms with Crippen molar-refractivity contribution in [2.24, 2.45) is 0 Å². The third-order valence-corrected chi connectivity index (χ3v) is 3.78. The predicted molar refractivity (Wildman–Crippen MR) is 81.3 cm³/mol. The molecule has 114 valence electrons. The molecule has 0 radical (unpaired) electrons. The Morgan fingerprint density at radius 1 is 1.43 bits per heavy atom. The lowest BCUT2D eigenvalue weighted by Crippen LogP contribution is -2.37. The van der Waals surface area contributed by atoms with Crippen molar-refractivity contribution in [3.05, 3.63) is 29.2 Å². The first-order valence-corrected chi connectivity index (χ1v) is 7.33. The fourth-order valence-electron chi connectivity index (χ4n) is 2.85. The Labute approximate surface area is 125 Å². The summed E-state index contributed by atoms with van der Waals surface area (Å²) in [4.78, 5) is 8.98. The van der Waals surface area contributed by atoms with Gasteiger partial charge in [0.15, 0.2) is 5.65 Å². The lowest BCUT2D eigenvalue weighted by molar-refractivity contribution is -0.0248. The van der Waals surface area contributed by atoms with Gasteiger partial charge in [0.05, 0.1) is 18.0 Å². The Hall–Kier alpha value is -1.50. The van der Waals surface area contributed by atoms with Crippen LogP contribution in [0.2, 0.25) is 0 Å². The molecule has 0 N–H and O–H groups in total. The summed E-state index contributed by atoms with van der Waals surface area (Å²) in [6.45, 7) is 5.45. The Kier molecular flexibility index (Phi) is 3.93. The maximum absolute atomic E-state index is 6.03. The minimum absolute atomic E-state index is 0.0449. The Balaban J connectivity index is 2.10. The molecule has 0 bridgehead atoms. The number of aromatic nitrogens is 3. The second-order valence-corrected chi connectivity index (χ2v) is 6.08. The number of nitrogens with zero attached hydrogens (tertiary/aromatic N) is 5. The van der Waals surface area contributed by atoms with Gasteiger partial charge in [0, 0.05) is 37.5 Å². The Morgan fingerprint density at radius 2 is 2.24 bits per heavy atom. The Morgan fingerprint density at radius 3 is 2.95 bits per heavy atom. The normalized spacial score (nSPS) is 20.5. The first-order valence-electron chi connectivity index (χ1n) is 7.33. The highest BCUT2D eigenvalue weighted by Gasteiger charge is 2.25. The molecule has 6 nitrogen and oxygen atoms in total. The van der Waals surface area contributed by atoms with Crippen LogP contribution in [0.25, 0.3) is 5.65 Å². The molecule has 1 aliphatic heterocycles. The number of likely N-dealkylation sites (N-methyl/N-ethyl adjacent to an activating group) is 1. The van der Waals surface area contributed by atoms with E-state index < -0.39 is 0 Å². The van der Waals surface area contributed by atoms with Crippen molar-refractivity contribution in [3.63, 3.8) is 0 Å². The summed E-state index contributed by atoms with van der Waals surface area (Å²) in [5.74, 6) is 0. The van der Waals surface area contributed by atoms with E-state index in [-0.39, 0.29) is 6.10 Å². The molecule has 1 atom stereocenters. The van der Waals surface area contributed by atoms with E-state index in [0.717, 1.165) is 43.3 Å². The van der Waals surface area contributed by atoms with E-state index in [4.69, 9.17) is 4.74 Å². The molecular formula is C15H23N5O. The van der Waals surface area contributed by atoms with Crippen LogP contribution in [0.4, 0.5) is 0 Å². The minimum Gasteiger partial charge on any atom is -0.369 e. The summed E-state index contributed by atoms with van der Waals surface area (Å²) in [5, 5.41) is 4.62. The molecule has 1 fully saturated rings. The standard InChI is InChI=1S/C15H23N5O/c1-11-7-14-16-8-12(9-18(2)3)15(20(14)17-11)13-10-19(4)5-6-21-13/h7-8,13H,5-6,9-10H2,1-4H3. The molecule has 2 aromatic rings. The third kappa shape index (κ3) is 2.92. The van der Waals surface area contributed by atoms with Gasteiger partial charge in [-0.25, -0.2) is 9.50 Å². The van der Waals surface area contributed by atoms with Crippen LogP contribution in [-0.2, 0) is 11.3 Å². The fraction of sp³-hybridized carbons (Fsp3) is 0.600. The number of hydrogen-bond donors (Lipinski definition) is 0. The number of aryl methyl sites for hydroxylation is 1. The van der Waals surface area contributed by atoms with E-state index in [1.54, 1.807) is 0 Å². The van der Waals surface area contributed by atoms with Gasteiger partial charge in [0.2, 0.25) is 0 Å². The van der Waals surface area contributed by atoms with E-state index in [2.05, 4.69) is 41.0 Å². The molecule has 21 heavy (non-hydrogen) atoms. The zero-order valence-electron chi connectivity index (χ0n) is 13.2. The molecule has 6 heteroatoms. The smallest absolute Gasteiger partial charge is 0.155 e. The first kappa shape index (κ1) is 14.4. The molecule has 3 rings (SSSR count).